The van der Waals surface area contributed by atoms with E-state index >= 15 is 0 Å². The van der Waals surface area contributed by atoms with E-state index in [1.165, 1.54) is 30.3 Å². The predicted molar refractivity (Wildman–Crippen MR) is 77.9 cm³/mol. The van der Waals surface area contributed by atoms with E-state index in [0.717, 1.165) is 0 Å². The van der Waals surface area contributed by atoms with Gasteiger partial charge in [-0.1, -0.05) is 31.9 Å². The highest BCUT2D eigenvalue weighted by Gasteiger charge is 2.14. The van der Waals surface area contributed by atoms with Crippen LogP contribution in [0.3, 0.4) is 0 Å². The maximum absolute atomic E-state index is 13.5. The molecule has 3 nitrogen and oxygen atoms in total. The Balaban J connectivity index is 2.30. The van der Waals surface area contributed by atoms with Gasteiger partial charge in [0.15, 0.2) is 0 Å². The van der Waals surface area contributed by atoms with Gasteiger partial charge in [0.2, 0.25) is 0 Å². The van der Waals surface area contributed by atoms with Crippen LogP contribution in [0, 0.1) is 5.82 Å². The number of hydrogen-bond donors (Lipinski definition) is 2. The fraction of sp³-hybridized carbons (Fsp3) is 0. The number of rotatable bonds is 2. The Bertz CT molecular complexity index is 647. The second-order valence-electron chi connectivity index (χ2n) is 3.74. The third kappa shape index (κ3) is 3.33. The van der Waals surface area contributed by atoms with E-state index in [9.17, 15) is 14.3 Å². The van der Waals surface area contributed by atoms with E-state index in [4.69, 9.17) is 0 Å². The first-order chi connectivity index (χ1) is 8.97. The quantitative estimate of drug-likeness (QED) is 0.805. The van der Waals surface area contributed by atoms with Gasteiger partial charge in [0, 0.05) is 8.95 Å². The van der Waals surface area contributed by atoms with Crippen molar-refractivity contribution >= 4 is 43.5 Å². The highest BCUT2D eigenvalue weighted by atomic mass is 79.9. The van der Waals surface area contributed by atoms with E-state index in [0.29, 0.717) is 8.95 Å². The maximum Gasteiger partial charge on any atom is 0.259 e. The molecule has 0 radical (unpaired) electrons. The summed E-state index contributed by atoms with van der Waals surface area (Å²) in [6, 6.07) is 8.66. The molecule has 0 atom stereocenters. The van der Waals surface area contributed by atoms with Crippen molar-refractivity contribution in [1.82, 2.24) is 0 Å². The molecule has 1 amide bonds. The number of benzene rings is 2. The Morgan fingerprint density at radius 1 is 1.11 bits per heavy atom. The Labute approximate surface area is 125 Å². The van der Waals surface area contributed by atoms with E-state index in [1.54, 1.807) is 6.07 Å². The molecule has 98 valence electrons. The van der Waals surface area contributed by atoms with Crippen molar-refractivity contribution < 1.29 is 14.3 Å². The Hall–Kier alpha value is -1.40. The van der Waals surface area contributed by atoms with Crippen LogP contribution in [0.15, 0.2) is 45.3 Å². The molecule has 2 rings (SSSR count). The Morgan fingerprint density at radius 3 is 2.47 bits per heavy atom. The molecular weight excluding hydrogens is 381 g/mol. The molecule has 0 aromatic heterocycles. The monoisotopic (exact) mass is 387 g/mol. The van der Waals surface area contributed by atoms with Crippen LogP contribution in [-0.4, -0.2) is 11.0 Å². The van der Waals surface area contributed by atoms with Gasteiger partial charge in [0.05, 0.1) is 11.3 Å². The lowest BCUT2D eigenvalue weighted by atomic mass is 10.2. The molecule has 0 saturated carbocycles. The topological polar surface area (TPSA) is 49.3 Å². The van der Waals surface area contributed by atoms with E-state index < -0.39 is 11.7 Å². The highest BCUT2D eigenvalue weighted by molar-refractivity contribution is 9.10. The predicted octanol–water partition coefficient (Wildman–Crippen LogP) is 4.31. The lowest BCUT2D eigenvalue weighted by Crippen LogP contribution is -2.13. The van der Waals surface area contributed by atoms with Gasteiger partial charge in [-0.3, -0.25) is 4.79 Å². The molecular formula is C13H8Br2FNO2. The van der Waals surface area contributed by atoms with Crippen molar-refractivity contribution in [3.63, 3.8) is 0 Å². The second-order valence-corrected chi connectivity index (χ2v) is 5.57. The number of amides is 1. The molecule has 0 aliphatic rings. The fourth-order valence-corrected chi connectivity index (χ4v) is 2.20. The molecule has 19 heavy (non-hydrogen) atoms. The first-order valence-electron chi connectivity index (χ1n) is 5.22. The summed E-state index contributed by atoms with van der Waals surface area (Å²) in [7, 11) is 0. The summed E-state index contributed by atoms with van der Waals surface area (Å²) in [6.07, 6.45) is 0. The summed E-state index contributed by atoms with van der Waals surface area (Å²) in [6.45, 7) is 0. The van der Waals surface area contributed by atoms with Gasteiger partial charge >= 0.3 is 0 Å². The lowest BCUT2D eigenvalue weighted by molar-refractivity contribution is 0.102. The fourth-order valence-electron chi connectivity index (χ4n) is 1.47. The van der Waals surface area contributed by atoms with Crippen molar-refractivity contribution in [2.45, 2.75) is 0 Å². The highest BCUT2D eigenvalue weighted by Crippen LogP contribution is 2.25. The van der Waals surface area contributed by atoms with Gasteiger partial charge < -0.3 is 10.4 Å². The van der Waals surface area contributed by atoms with Crippen molar-refractivity contribution in [2.24, 2.45) is 0 Å². The van der Waals surface area contributed by atoms with Crippen molar-refractivity contribution in [3.8, 4) is 5.75 Å². The summed E-state index contributed by atoms with van der Waals surface area (Å²) < 4.78 is 14.8. The summed E-state index contributed by atoms with van der Waals surface area (Å²) in [5, 5.41) is 12.0. The molecule has 2 N–H and O–H groups in total. The molecule has 2 aromatic rings. The maximum atomic E-state index is 13.5. The summed E-state index contributed by atoms with van der Waals surface area (Å²) in [5.41, 5.74) is 0.104. The zero-order chi connectivity index (χ0) is 14.0. The zero-order valence-electron chi connectivity index (χ0n) is 9.45. The van der Waals surface area contributed by atoms with Gasteiger partial charge in [-0.25, -0.2) is 4.39 Å². The number of carbonyl (C=O) groups is 1. The van der Waals surface area contributed by atoms with Crippen LogP contribution in [-0.2, 0) is 0 Å². The summed E-state index contributed by atoms with van der Waals surface area (Å²) >= 11 is 6.40. The third-order valence-electron chi connectivity index (χ3n) is 2.38. The largest absolute Gasteiger partial charge is 0.507 e. The molecule has 0 aliphatic carbocycles. The number of phenols is 1. The molecule has 0 bridgehead atoms. The Morgan fingerprint density at radius 2 is 1.74 bits per heavy atom. The van der Waals surface area contributed by atoms with Gasteiger partial charge in [0.25, 0.3) is 5.91 Å². The van der Waals surface area contributed by atoms with Crippen molar-refractivity contribution in [2.75, 3.05) is 5.32 Å². The minimum atomic E-state index is -0.587. The minimum absolute atomic E-state index is 0.0405. The standard InChI is InChI=1S/C13H8Br2FNO2/c14-7-2-4-12(18)9(5-7)13(19)17-11-6-8(15)1-3-10(11)16/h1-6,18H,(H,17,19). The SMILES string of the molecule is O=C(Nc1cc(Br)ccc1F)c1cc(Br)ccc1O. The van der Waals surface area contributed by atoms with Crippen LogP contribution in [0.5, 0.6) is 5.75 Å². The van der Waals surface area contributed by atoms with E-state index in [2.05, 4.69) is 37.2 Å². The van der Waals surface area contributed by atoms with Crippen LogP contribution in [0.1, 0.15) is 10.4 Å². The molecule has 0 spiro atoms. The third-order valence-corrected chi connectivity index (χ3v) is 3.37. The van der Waals surface area contributed by atoms with E-state index in [1.807, 2.05) is 0 Å². The summed E-state index contributed by atoms with van der Waals surface area (Å²) in [4.78, 5) is 12.0. The smallest absolute Gasteiger partial charge is 0.259 e. The van der Waals surface area contributed by atoms with Crippen LogP contribution in [0.25, 0.3) is 0 Å². The molecule has 0 fully saturated rings. The molecule has 0 saturated heterocycles. The van der Waals surface area contributed by atoms with Crippen molar-refractivity contribution in [1.29, 1.82) is 0 Å². The van der Waals surface area contributed by atoms with Gasteiger partial charge in [0.1, 0.15) is 11.6 Å². The zero-order valence-corrected chi connectivity index (χ0v) is 12.6. The molecule has 2 aromatic carbocycles. The molecule has 6 heteroatoms. The molecule has 0 heterocycles. The second kappa shape index (κ2) is 5.71. The number of phenolic OH excluding ortho intramolecular Hbond substituents is 1. The van der Waals surface area contributed by atoms with E-state index in [-0.39, 0.29) is 17.0 Å². The van der Waals surface area contributed by atoms with Crippen LogP contribution < -0.4 is 5.32 Å². The van der Waals surface area contributed by atoms with Crippen LogP contribution in [0.4, 0.5) is 10.1 Å². The molecule has 0 aliphatic heterocycles. The first kappa shape index (κ1) is 14.0. The van der Waals surface area contributed by atoms with Crippen LogP contribution in [0.2, 0.25) is 0 Å². The van der Waals surface area contributed by atoms with Gasteiger partial charge in [-0.05, 0) is 36.4 Å². The number of nitrogens with one attached hydrogen (secondary N) is 1. The minimum Gasteiger partial charge on any atom is -0.507 e. The van der Waals surface area contributed by atoms with Gasteiger partial charge in [-0.2, -0.15) is 0 Å². The number of halogens is 3. The molecule has 0 unspecified atom stereocenters. The number of carbonyl (C=O) groups excluding carboxylic acids is 1. The summed E-state index contributed by atoms with van der Waals surface area (Å²) in [5.74, 6) is -1.31. The first-order valence-corrected chi connectivity index (χ1v) is 6.81. The number of aromatic hydroxyl groups is 1. The lowest BCUT2D eigenvalue weighted by Gasteiger charge is -2.08. The van der Waals surface area contributed by atoms with Crippen LogP contribution >= 0.6 is 31.9 Å². The van der Waals surface area contributed by atoms with Crippen molar-refractivity contribution in [3.05, 3.63) is 56.7 Å². The van der Waals surface area contributed by atoms with Gasteiger partial charge in [-0.15, -0.1) is 0 Å². The number of hydrogen-bond acceptors (Lipinski definition) is 2. The normalized spacial score (nSPS) is 10.3. The number of anilines is 1. The Kier molecular flexibility index (Phi) is 4.21. The average molecular weight is 389 g/mol. The average Bonchev–Trinajstić information content (AvgIpc) is 2.36.